The van der Waals surface area contributed by atoms with E-state index in [-0.39, 0.29) is 22.8 Å². The van der Waals surface area contributed by atoms with Gasteiger partial charge in [0.1, 0.15) is 0 Å². The monoisotopic (exact) mass is 419 g/mol. The van der Waals surface area contributed by atoms with Crippen LogP contribution in [0.2, 0.25) is 0 Å². The minimum Gasteiger partial charge on any atom is -0.298 e. The van der Waals surface area contributed by atoms with Gasteiger partial charge in [-0.3, -0.25) is 29.0 Å². The van der Waals surface area contributed by atoms with Crippen LogP contribution >= 0.6 is 0 Å². The number of anilines is 1. The van der Waals surface area contributed by atoms with E-state index in [1.165, 1.54) is 30.0 Å². The van der Waals surface area contributed by atoms with Gasteiger partial charge in [-0.25, -0.2) is 10.2 Å². The van der Waals surface area contributed by atoms with Gasteiger partial charge in [0.05, 0.1) is 17.7 Å². The van der Waals surface area contributed by atoms with E-state index < -0.39 is 16.2 Å². The zero-order valence-electron chi connectivity index (χ0n) is 16.3. The Kier molecular flexibility index (Phi) is 5.14. The van der Waals surface area contributed by atoms with Crippen LogP contribution in [0.5, 0.6) is 0 Å². The normalized spacial score (nSPS) is 11.3. The molecule has 31 heavy (non-hydrogen) atoms. The molecule has 0 unspecified atom stereocenters. The Morgan fingerprint density at radius 2 is 1.97 bits per heavy atom. The topological polar surface area (TPSA) is 140 Å². The van der Waals surface area contributed by atoms with Gasteiger partial charge in [0.25, 0.3) is 11.2 Å². The molecule has 0 aliphatic heterocycles. The predicted molar refractivity (Wildman–Crippen MR) is 115 cm³/mol. The fraction of sp³-hybridized carbons (Fsp3) is 0.100. The van der Waals surface area contributed by atoms with Gasteiger partial charge in [-0.05, 0) is 5.56 Å². The van der Waals surface area contributed by atoms with Crippen LogP contribution < -0.4 is 16.7 Å². The first-order valence-electron chi connectivity index (χ1n) is 9.21. The highest BCUT2D eigenvalue weighted by Crippen LogP contribution is 2.18. The Bertz CT molecular complexity index is 1420. The van der Waals surface area contributed by atoms with E-state index >= 15 is 0 Å². The predicted octanol–water partition coefficient (Wildman–Crippen LogP) is 1.83. The number of fused-ring (bicyclic) bond motifs is 1. The molecule has 4 aromatic rings. The summed E-state index contributed by atoms with van der Waals surface area (Å²) < 4.78 is 2.86. The lowest BCUT2D eigenvalue weighted by Crippen LogP contribution is -2.29. The molecule has 0 spiro atoms. The molecule has 156 valence electrons. The number of aromatic nitrogens is 4. The summed E-state index contributed by atoms with van der Waals surface area (Å²) in [5, 5.41) is 15.0. The fourth-order valence-electron chi connectivity index (χ4n) is 3.12. The molecule has 2 aromatic carbocycles. The number of imidazole rings is 1. The molecule has 2 N–H and O–H groups in total. The Morgan fingerprint density at radius 3 is 2.71 bits per heavy atom. The molecule has 0 aliphatic rings. The van der Waals surface area contributed by atoms with Crippen molar-refractivity contribution in [3.63, 3.8) is 0 Å². The molecule has 2 aromatic heterocycles. The number of hydrazone groups is 1. The smallest absolute Gasteiger partial charge is 0.298 e. The van der Waals surface area contributed by atoms with Gasteiger partial charge in [-0.1, -0.05) is 42.5 Å². The average Bonchev–Trinajstić information content (AvgIpc) is 3.12. The van der Waals surface area contributed by atoms with E-state index in [2.05, 4.69) is 20.5 Å². The maximum atomic E-state index is 12.5. The van der Waals surface area contributed by atoms with Gasteiger partial charge in [0, 0.05) is 24.7 Å². The third-order valence-electron chi connectivity index (χ3n) is 4.65. The molecule has 0 atom stereocenters. The van der Waals surface area contributed by atoms with E-state index in [0.29, 0.717) is 12.1 Å². The standard InChI is InChI=1S/C20H17N7O4/c1-25-17-16(18(28)23-20(25)29)26(12-13-6-3-2-4-7-13)19(22-17)24-21-11-14-8-5-9-15(10-14)27(30)31/h2-11H,12H2,1H3,(H,22,24)(H,23,28,29). The molecule has 0 saturated heterocycles. The zero-order chi connectivity index (χ0) is 22.0. The lowest BCUT2D eigenvalue weighted by Gasteiger charge is -2.08. The number of nitro benzene ring substituents is 1. The molecule has 4 rings (SSSR count). The number of hydrogen-bond donors (Lipinski definition) is 2. The molecule has 2 heterocycles. The van der Waals surface area contributed by atoms with Crippen molar-refractivity contribution in [2.45, 2.75) is 6.54 Å². The molecular formula is C20H17N7O4. The van der Waals surface area contributed by atoms with Crippen molar-refractivity contribution in [2.75, 3.05) is 5.43 Å². The summed E-state index contributed by atoms with van der Waals surface area (Å²) in [6.45, 7) is 0.313. The lowest BCUT2D eigenvalue weighted by atomic mass is 10.2. The minimum absolute atomic E-state index is 0.0539. The van der Waals surface area contributed by atoms with Crippen LogP contribution in [0, 0.1) is 10.1 Å². The van der Waals surface area contributed by atoms with Crippen LogP contribution in [0.1, 0.15) is 11.1 Å². The van der Waals surface area contributed by atoms with Crippen LogP contribution in [0.3, 0.4) is 0 Å². The van der Waals surface area contributed by atoms with E-state index in [9.17, 15) is 19.7 Å². The van der Waals surface area contributed by atoms with Crippen molar-refractivity contribution in [1.29, 1.82) is 0 Å². The number of nitrogens with one attached hydrogen (secondary N) is 2. The second-order valence-corrected chi connectivity index (χ2v) is 6.72. The van der Waals surface area contributed by atoms with Gasteiger partial charge in [0.2, 0.25) is 5.95 Å². The van der Waals surface area contributed by atoms with Gasteiger partial charge in [0.15, 0.2) is 11.2 Å². The van der Waals surface area contributed by atoms with Crippen molar-refractivity contribution >= 4 is 29.0 Å². The number of hydrogen-bond acceptors (Lipinski definition) is 7. The van der Waals surface area contributed by atoms with Gasteiger partial charge >= 0.3 is 5.69 Å². The average molecular weight is 419 g/mol. The summed E-state index contributed by atoms with van der Waals surface area (Å²) in [5.74, 6) is 0.243. The van der Waals surface area contributed by atoms with Crippen molar-refractivity contribution < 1.29 is 4.92 Å². The Balaban J connectivity index is 1.75. The molecule has 0 bridgehead atoms. The minimum atomic E-state index is -0.575. The Morgan fingerprint density at radius 1 is 1.19 bits per heavy atom. The van der Waals surface area contributed by atoms with Crippen LogP contribution in [0.4, 0.5) is 11.6 Å². The second-order valence-electron chi connectivity index (χ2n) is 6.72. The number of aromatic amines is 1. The van der Waals surface area contributed by atoms with E-state index in [4.69, 9.17) is 0 Å². The first-order chi connectivity index (χ1) is 14.9. The SMILES string of the molecule is Cn1c(=O)[nH]c(=O)c2c1nc(NN=Cc1cccc([N+](=O)[O-])c1)n2Cc1ccccc1. The fourth-order valence-corrected chi connectivity index (χ4v) is 3.12. The summed E-state index contributed by atoms with van der Waals surface area (Å²) in [5.41, 5.74) is 3.45. The maximum Gasteiger partial charge on any atom is 0.329 e. The van der Waals surface area contributed by atoms with Gasteiger partial charge < -0.3 is 0 Å². The Labute approximate surface area is 174 Å². The molecule has 0 radical (unpaired) electrons. The molecule has 0 amide bonds. The highest BCUT2D eigenvalue weighted by Gasteiger charge is 2.17. The third-order valence-corrected chi connectivity index (χ3v) is 4.65. The van der Waals surface area contributed by atoms with Crippen molar-refractivity contribution in [3.05, 3.63) is 96.7 Å². The summed E-state index contributed by atoms with van der Waals surface area (Å²) in [4.78, 5) is 41.6. The van der Waals surface area contributed by atoms with Gasteiger partial charge in [-0.2, -0.15) is 10.1 Å². The molecular weight excluding hydrogens is 402 g/mol. The number of nitrogens with zero attached hydrogens (tertiary/aromatic N) is 5. The lowest BCUT2D eigenvalue weighted by molar-refractivity contribution is -0.384. The maximum absolute atomic E-state index is 12.5. The van der Waals surface area contributed by atoms with Gasteiger partial charge in [-0.15, -0.1) is 0 Å². The number of benzene rings is 2. The van der Waals surface area contributed by atoms with E-state index in [1.807, 2.05) is 30.3 Å². The number of aryl methyl sites for hydroxylation is 1. The largest absolute Gasteiger partial charge is 0.329 e. The molecule has 0 fully saturated rings. The van der Waals surface area contributed by atoms with Crippen molar-refractivity contribution in [2.24, 2.45) is 12.1 Å². The summed E-state index contributed by atoms with van der Waals surface area (Å²) in [6.07, 6.45) is 1.41. The Hall–Kier alpha value is -4.54. The molecule has 11 heteroatoms. The van der Waals surface area contributed by atoms with E-state index in [0.717, 1.165) is 5.56 Å². The summed E-state index contributed by atoms with van der Waals surface area (Å²) in [6, 6.07) is 15.4. The van der Waals surface area contributed by atoms with E-state index in [1.54, 1.807) is 16.7 Å². The van der Waals surface area contributed by atoms with Crippen LogP contribution in [0.25, 0.3) is 11.2 Å². The van der Waals surface area contributed by atoms with Crippen LogP contribution in [-0.2, 0) is 13.6 Å². The number of nitro groups is 1. The molecule has 0 saturated carbocycles. The van der Waals surface area contributed by atoms with Crippen molar-refractivity contribution in [1.82, 2.24) is 19.1 Å². The van der Waals surface area contributed by atoms with Crippen LogP contribution in [-0.4, -0.2) is 30.2 Å². The quantitative estimate of drug-likeness (QED) is 0.278. The molecule has 11 nitrogen and oxygen atoms in total. The number of non-ortho nitro benzene ring substituents is 1. The zero-order valence-corrected chi connectivity index (χ0v) is 16.3. The van der Waals surface area contributed by atoms with Crippen LogP contribution in [0.15, 0.2) is 69.3 Å². The van der Waals surface area contributed by atoms with Crippen molar-refractivity contribution in [3.8, 4) is 0 Å². The highest BCUT2D eigenvalue weighted by atomic mass is 16.6. The summed E-state index contributed by atoms with van der Waals surface area (Å²) >= 11 is 0. The highest BCUT2D eigenvalue weighted by molar-refractivity contribution is 5.81. The number of rotatable bonds is 6. The summed E-state index contributed by atoms with van der Waals surface area (Å²) in [7, 11) is 1.51. The first kappa shape index (κ1) is 19.8. The third kappa shape index (κ3) is 3.96. The number of H-pyrrole nitrogens is 1. The second kappa shape index (κ2) is 8.06. The first-order valence-corrected chi connectivity index (χ1v) is 9.21. The molecule has 0 aliphatic carbocycles.